The van der Waals surface area contributed by atoms with Crippen LogP contribution in [0.3, 0.4) is 0 Å². The molecule has 2 aliphatic rings. The highest BCUT2D eigenvalue weighted by atomic mass is 32.2. The SMILES string of the molecule is Cc1c(C(=O)N2CCCCC2CNS(C)(=O)=O)oc2c1C(=O)CCC2. The lowest BCUT2D eigenvalue weighted by molar-refractivity contribution is 0.0583. The number of piperidine rings is 1. The molecule has 1 amide bonds. The van der Waals surface area contributed by atoms with Crippen LogP contribution in [-0.2, 0) is 16.4 Å². The highest BCUT2D eigenvalue weighted by Gasteiger charge is 2.34. The van der Waals surface area contributed by atoms with Crippen LogP contribution in [0, 0.1) is 6.92 Å². The first kappa shape index (κ1) is 18.1. The number of nitrogens with zero attached hydrogens (tertiary/aromatic N) is 1. The Balaban J connectivity index is 1.84. The third-order valence-electron chi connectivity index (χ3n) is 4.97. The van der Waals surface area contributed by atoms with Gasteiger partial charge in [0.05, 0.1) is 11.8 Å². The van der Waals surface area contributed by atoms with Crippen molar-refractivity contribution in [3.05, 3.63) is 22.6 Å². The van der Waals surface area contributed by atoms with Crippen molar-refractivity contribution in [1.29, 1.82) is 0 Å². The largest absolute Gasteiger partial charge is 0.455 e. The second-order valence-electron chi connectivity index (χ2n) is 6.90. The van der Waals surface area contributed by atoms with Gasteiger partial charge in [0.2, 0.25) is 10.0 Å². The second-order valence-corrected chi connectivity index (χ2v) is 8.73. The molecule has 138 valence electrons. The quantitative estimate of drug-likeness (QED) is 0.872. The van der Waals surface area contributed by atoms with Gasteiger partial charge in [-0.3, -0.25) is 9.59 Å². The Labute approximate surface area is 147 Å². The molecule has 2 heterocycles. The van der Waals surface area contributed by atoms with Crippen LogP contribution in [0.15, 0.2) is 4.42 Å². The number of ketones is 1. The van der Waals surface area contributed by atoms with E-state index < -0.39 is 10.0 Å². The van der Waals surface area contributed by atoms with Gasteiger partial charge in [-0.15, -0.1) is 0 Å². The number of carbonyl (C=O) groups excluding carboxylic acids is 2. The molecule has 1 aliphatic carbocycles. The Morgan fingerprint density at radius 3 is 2.72 bits per heavy atom. The lowest BCUT2D eigenvalue weighted by atomic mass is 9.93. The Morgan fingerprint density at radius 2 is 2.04 bits per heavy atom. The van der Waals surface area contributed by atoms with Gasteiger partial charge >= 0.3 is 0 Å². The first-order valence-corrected chi connectivity index (χ1v) is 10.6. The molecule has 1 unspecified atom stereocenters. The Hall–Kier alpha value is -1.67. The molecule has 1 fully saturated rings. The monoisotopic (exact) mass is 368 g/mol. The number of likely N-dealkylation sites (tertiary alicyclic amines) is 1. The van der Waals surface area contributed by atoms with Crippen molar-refractivity contribution in [2.75, 3.05) is 19.3 Å². The fraction of sp³-hybridized carbons (Fsp3) is 0.647. The minimum Gasteiger partial charge on any atom is -0.455 e. The fourth-order valence-electron chi connectivity index (χ4n) is 3.71. The van der Waals surface area contributed by atoms with Crippen LogP contribution in [0.25, 0.3) is 0 Å². The lowest BCUT2D eigenvalue weighted by Gasteiger charge is -2.35. The smallest absolute Gasteiger partial charge is 0.290 e. The van der Waals surface area contributed by atoms with Crippen molar-refractivity contribution in [2.45, 2.75) is 51.5 Å². The predicted octanol–water partition coefficient (Wildman–Crippen LogP) is 1.65. The first-order valence-electron chi connectivity index (χ1n) is 8.69. The Bertz CT molecular complexity index is 796. The van der Waals surface area contributed by atoms with Crippen molar-refractivity contribution >= 4 is 21.7 Å². The van der Waals surface area contributed by atoms with E-state index in [9.17, 15) is 18.0 Å². The number of amides is 1. The summed E-state index contributed by atoms with van der Waals surface area (Å²) >= 11 is 0. The topological polar surface area (TPSA) is 96.7 Å². The lowest BCUT2D eigenvalue weighted by Crippen LogP contribution is -2.49. The van der Waals surface area contributed by atoms with Crippen LogP contribution in [0.1, 0.15) is 64.3 Å². The summed E-state index contributed by atoms with van der Waals surface area (Å²) < 4.78 is 31.0. The summed E-state index contributed by atoms with van der Waals surface area (Å²) in [5.74, 6) is 0.626. The van der Waals surface area contributed by atoms with Gasteiger partial charge < -0.3 is 9.32 Å². The van der Waals surface area contributed by atoms with E-state index in [0.29, 0.717) is 36.3 Å². The summed E-state index contributed by atoms with van der Waals surface area (Å²) in [6.45, 7) is 2.52. The van der Waals surface area contributed by atoms with Gasteiger partial charge in [-0.2, -0.15) is 0 Å². The molecule has 1 aromatic heterocycles. The van der Waals surface area contributed by atoms with Gasteiger partial charge in [-0.05, 0) is 32.6 Å². The minimum absolute atomic E-state index is 0.0375. The predicted molar refractivity (Wildman–Crippen MR) is 92.2 cm³/mol. The third-order valence-corrected chi connectivity index (χ3v) is 5.66. The molecule has 1 aliphatic heterocycles. The molecule has 0 bridgehead atoms. The maximum Gasteiger partial charge on any atom is 0.290 e. The average molecular weight is 368 g/mol. The number of rotatable bonds is 4. The summed E-state index contributed by atoms with van der Waals surface area (Å²) in [6, 6.07) is -0.201. The molecule has 8 heteroatoms. The van der Waals surface area contributed by atoms with Crippen LogP contribution in [0.2, 0.25) is 0 Å². The summed E-state index contributed by atoms with van der Waals surface area (Å²) in [5.41, 5.74) is 1.18. The number of hydrogen-bond acceptors (Lipinski definition) is 5. The molecule has 0 aromatic carbocycles. The van der Waals surface area contributed by atoms with Crippen LogP contribution in [0.4, 0.5) is 0 Å². The minimum atomic E-state index is -3.31. The molecule has 1 aromatic rings. The van der Waals surface area contributed by atoms with Gasteiger partial charge in [-0.25, -0.2) is 13.1 Å². The van der Waals surface area contributed by atoms with Crippen LogP contribution >= 0.6 is 0 Å². The standard InChI is InChI=1S/C17H24N2O5S/c1-11-15-13(20)7-5-8-14(15)24-16(11)17(21)19-9-4-3-6-12(19)10-18-25(2,22)23/h12,18H,3-10H2,1-2H3. The van der Waals surface area contributed by atoms with E-state index in [1.54, 1.807) is 11.8 Å². The molecule has 0 spiro atoms. The van der Waals surface area contributed by atoms with Gasteiger partial charge in [0.15, 0.2) is 11.5 Å². The molecule has 0 radical (unpaired) electrons. The first-order chi connectivity index (χ1) is 11.8. The summed E-state index contributed by atoms with van der Waals surface area (Å²) in [4.78, 5) is 26.8. The number of sulfonamides is 1. The van der Waals surface area contributed by atoms with E-state index in [1.807, 2.05) is 0 Å². The number of aryl methyl sites for hydroxylation is 1. The van der Waals surface area contributed by atoms with Gasteiger partial charge in [-0.1, -0.05) is 0 Å². The number of furan rings is 1. The molecule has 0 saturated carbocycles. The van der Waals surface area contributed by atoms with E-state index in [2.05, 4.69) is 4.72 Å². The van der Waals surface area contributed by atoms with E-state index in [0.717, 1.165) is 31.9 Å². The Morgan fingerprint density at radius 1 is 1.28 bits per heavy atom. The molecule has 25 heavy (non-hydrogen) atoms. The summed E-state index contributed by atoms with van der Waals surface area (Å²) in [5, 5.41) is 0. The van der Waals surface area contributed by atoms with Crippen LogP contribution < -0.4 is 4.72 Å². The molecule has 1 atom stereocenters. The van der Waals surface area contributed by atoms with E-state index in [1.165, 1.54) is 0 Å². The molecule has 3 rings (SSSR count). The fourth-order valence-corrected chi connectivity index (χ4v) is 4.21. The number of fused-ring (bicyclic) bond motifs is 1. The molecule has 1 saturated heterocycles. The molecule has 7 nitrogen and oxygen atoms in total. The van der Waals surface area contributed by atoms with Gasteiger partial charge in [0, 0.05) is 37.5 Å². The zero-order chi connectivity index (χ0) is 18.2. The van der Waals surface area contributed by atoms with Crippen molar-refractivity contribution < 1.29 is 22.4 Å². The van der Waals surface area contributed by atoms with Gasteiger partial charge in [0.25, 0.3) is 5.91 Å². The average Bonchev–Trinajstić information content (AvgIpc) is 2.90. The third kappa shape index (κ3) is 3.79. The molecule has 1 N–H and O–H groups in total. The zero-order valence-electron chi connectivity index (χ0n) is 14.6. The Kier molecular flexibility index (Phi) is 5.02. The van der Waals surface area contributed by atoms with Crippen molar-refractivity contribution in [3.63, 3.8) is 0 Å². The van der Waals surface area contributed by atoms with Crippen molar-refractivity contribution in [1.82, 2.24) is 9.62 Å². The van der Waals surface area contributed by atoms with Crippen LogP contribution in [0.5, 0.6) is 0 Å². The number of carbonyl (C=O) groups is 2. The summed E-state index contributed by atoms with van der Waals surface area (Å²) in [7, 11) is -3.31. The molecular weight excluding hydrogens is 344 g/mol. The van der Waals surface area contributed by atoms with Gasteiger partial charge in [0.1, 0.15) is 5.76 Å². The number of nitrogens with one attached hydrogen (secondary N) is 1. The zero-order valence-corrected chi connectivity index (χ0v) is 15.4. The number of hydrogen-bond donors (Lipinski definition) is 1. The second kappa shape index (κ2) is 6.92. The summed E-state index contributed by atoms with van der Waals surface area (Å²) in [6.07, 6.45) is 5.59. The van der Waals surface area contributed by atoms with E-state index in [4.69, 9.17) is 4.42 Å². The maximum atomic E-state index is 13.0. The van der Waals surface area contributed by atoms with Crippen molar-refractivity contribution in [3.8, 4) is 0 Å². The van der Waals surface area contributed by atoms with E-state index >= 15 is 0 Å². The van der Waals surface area contributed by atoms with Crippen molar-refractivity contribution in [2.24, 2.45) is 0 Å². The van der Waals surface area contributed by atoms with E-state index in [-0.39, 0.29) is 30.0 Å². The molecular formula is C17H24N2O5S. The maximum absolute atomic E-state index is 13.0. The highest BCUT2D eigenvalue weighted by Crippen LogP contribution is 2.31. The highest BCUT2D eigenvalue weighted by molar-refractivity contribution is 7.88. The normalized spacial score (nSPS) is 21.3. The van der Waals surface area contributed by atoms with Crippen LogP contribution in [-0.4, -0.2) is 50.4 Å². The number of Topliss-reactive ketones (excluding diaryl/α,β-unsaturated/α-hetero) is 1.